The number of rotatable bonds is 3. The number of benzene rings is 1. The van der Waals surface area contributed by atoms with Gasteiger partial charge in [-0.05, 0) is 18.2 Å². The first kappa shape index (κ1) is 14.2. The van der Waals surface area contributed by atoms with Gasteiger partial charge in [0, 0.05) is 39.8 Å². The van der Waals surface area contributed by atoms with Gasteiger partial charge in [-0.25, -0.2) is 4.79 Å². The molecule has 2 rings (SSSR count). The van der Waals surface area contributed by atoms with Crippen molar-refractivity contribution in [3.05, 3.63) is 23.8 Å². The van der Waals surface area contributed by atoms with Crippen LogP contribution in [-0.2, 0) is 9.53 Å². The predicted octanol–water partition coefficient (Wildman–Crippen LogP) is 0.722. The summed E-state index contributed by atoms with van der Waals surface area (Å²) in [6.07, 6.45) is -0.162. The van der Waals surface area contributed by atoms with Gasteiger partial charge in [0.05, 0.1) is 11.3 Å². The van der Waals surface area contributed by atoms with Gasteiger partial charge in [-0.15, -0.1) is 0 Å². The van der Waals surface area contributed by atoms with Crippen LogP contribution in [0.25, 0.3) is 0 Å². The second-order valence-electron chi connectivity index (χ2n) is 5.11. The summed E-state index contributed by atoms with van der Waals surface area (Å²) in [5, 5.41) is 0. The molecule has 1 heterocycles. The van der Waals surface area contributed by atoms with Crippen LogP contribution in [-0.4, -0.2) is 50.6 Å². The van der Waals surface area contributed by atoms with E-state index < -0.39 is 12.1 Å². The van der Waals surface area contributed by atoms with Crippen molar-refractivity contribution in [1.82, 2.24) is 4.90 Å². The van der Waals surface area contributed by atoms with Crippen molar-refractivity contribution >= 4 is 23.3 Å². The fourth-order valence-electron chi connectivity index (χ4n) is 2.20. The first-order valence-corrected chi connectivity index (χ1v) is 6.43. The fourth-order valence-corrected chi connectivity index (χ4v) is 2.20. The highest BCUT2D eigenvalue weighted by molar-refractivity contribution is 5.98. The third-order valence-corrected chi connectivity index (χ3v) is 3.35. The molecule has 1 fully saturated rings. The van der Waals surface area contributed by atoms with Crippen molar-refractivity contribution in [2.75, 3.05) is 38.3 Å². The topological polar surface area (TPSA) is 75.9 Å². The van der Waals surface area contributed by atoms with E-state index >= 15 is 0 Å². The standard InChI is InChI=1S/C14H19N3O3/c1-16(2)11-5-4-9(15)8-10(11)14(19)20-12-6-7-17(3)13(12)18/h4-5,8,12H,6-7,15H2,1-3H3. The molecule has 1 saturated heterocycles. The maximum atomic E-state index is 12.3. The number of nitrogens with zero attached hydrogens (tertiary/aromatic N) is 2. The highest BCUT2D eigenvalue weighted by atomic mass is 16.5. The third kappa shape index (κ3) is 2.68. The molecule has 108 valence electrons. The second-order valence-corrected chi connectivity index (χ2v) is 5.11. The molecule has 1 unspecified atom stereocenters. The van der Waals surface area contributed by atoms with Crippen LogP contribution in [0.2, 0.25) is 0 Å². The lowest BCUT2D eigenvalue weighted by Gasteiger charge is -2.18. The second kappa shape index (κ2) is 5.40. The minimum absolute atomic E-state index is 0.159. The van der Waals surface area contributed by atoms with E-state index in [1.54, 1.807) is 35.0 Å². The lowest BCUT2D eigenvalue weighted by Crippen LogP contribution is -2.29. The number of anilines is 2. The van der Waals surface area contributed by atoms with Crippen LogP contribution >= 0.6 is 0 Å². The molecule has 1 amide bonds. The highest BCUT2D eigenvalue weighted by Gasteiger charge is 2.33. The number of likely N-dealkylation sites (tertiary alicyclic amines) is 1. The zero-order chi connectivity index (χ0) is 14.9. The smallest absolute Gasteiger partial charge is 0.341 e. The SMILES string of the molecule is CN1CCC(OC(=O)c2cc(N)ccc2N(C)C)C1=O. The molecule has 0 bridgehead atoms. The first-order valence-electron chi connectivity index (χ1n) is 6.43. The van der Waals surface area contributed by atoms with E-state index in [1.807, 2.05) is 14.1 Å². The van der Waals surface area contributed by atoms with Crippen LogP contribution in [0.4, 0.5) is 11.4 Å². The van der Waals surface area contributed by atoms with Crippen LogP contribution < -0.4 is 10.6 Å². The molecule has 1 aliphatic heterocycles. The summed E-state index contributed by atoms with van der Waals surface area (Å²) in [7, 11) is 5.36. The van der Waals surface area contributed by atoms with Gasteiger partial charge in [0.2, 0.25) is 0 Å². The number of hydrogen-bond acceptors (Lipinski definition) is 5. The highest BCUT2D eigenvalue weighted by Crippen LogP contribution is 2.24. The molecule has 0 radical (unpaired) electrons. The quantitative estimate of drug-likeness (QED) is 0.651. The van der Waals surface area contributed by atoms with Crippen LogP contribution in [0.15, 0.2) is 18.2 Å². The van der Waals surface area contributed by atoms with E-state index in [2.05, 4.69) is 0 Å². The molecule has 0 saturated carbocycles. The summed E-state index contributed by atoms with van der Waals surface area (Å²) in [6, 6.07) is 5.05. The fraction of sp³-hybridized carbons (Fsp3) is 0.429. The molecule has 20 heavy (non-hydrogen) atoms. The number of esters is 1. The molecule has 1 aliphatic rings. The predicted molar refractivity (Wildman–Crippen MR) is 76.6 cm³/mol. The van der Waals surface area contributed by atoms with Crippen molar-refractivity contribution in [2.24, 2.45) is 0 Å². The average Bonchev–Trinajstić information content (AvgIpc) is 2.70. The lowest BCUT2D eigenvalue weighted by molar-refractivity contribution is -0.133. The summed E-state index contributed by atoms with van der Waals surface area (Å²) in [5.41, 5.74) is 7.29. The Hall–Kier alpha value is -2.24. The number of carbonyl (C=O) groups is 2. The van der Waals surface area contributed by atoms with Crippen molar-refractivity contribution in [3.63, 3.8) is 0 Å². The van der Waals surface area contributed by atoms with Gasteiger partial charge in [0.1, 0.15) is 0 Å². The van der Waals surface area contributed by atoms with E-state index in [0.29, 0.717) is 29.9 Å². The molecule has 6 heteroatoms. The molecule has 1 atom stereocenters. The molecule has 1 aromatic carbocycles. The summed E-state index contributed by atoms with van der Waals surface area (Å²) in [6.45, 7) is 0.605. The van der Waals surface area contributed by atoms with Crippen molar-refractivity contribution in [1.29, 1.82) is 0 Å². The number of nitrogens with two attached hydrogens (primary N) is 1. The Morgan fingerprint density at radius 1 is 1.45 bits per heavy atom. The van der Waals surface area contributed by atoms with Crippen LogP contribution in [0, 0.1) is 0 Å². The van der Waals surface area contributed by atoms with E-state index in [9.17, 15) is 9.59 Å². The Morgan fingerprint density at radius 2 is 2.15 bits per heavy atom. The lowest BCUT2D eigenvalue weighted by atomic mass is 10.1. The summed E-state index contributed by atoms with van der Waals surface area (Å²) in [4.78, 5) is 27.4. The largest absolute Gasteiger partial charge is 0.449 e. The molecule has 6 nitrogen and oxygen atoms in total. The Morgan fingerprint density at radius 3 is 2.70 bits per heavy atom. The molecular weight excluding hydrogens is 258 g/mol. The Bertz CT molecular complexity index is 542. The number of ether oxygens (including phenoxy) is 1. The molecule has 0 aromatic heterocycles. The van der Waals surface area contributed by atoms with Gasteiger partial charge < -0.3 is 20.3 Å². The monoisotopic (exact) mass is 277 g/mol. The van der Waals surface area contributed by atoms with Gasteiger partial charge in [0.25, 0.3) is 5.91 Å². The number of carbonyl (C=O) groups excluding carboxylic acids is 2. The summed E-state index contributed by atoms with van der Waals surface area (Å²) >= 11 is 0. The van der Waals surface area contributed by atoms with E-state index in [1.165, 1.54) is 0 Å². The molecule has 0 spiro atoms. The third-order valence-electron chi connectivity index (χ3n) is 3.35. The van der Waals surface area contributed by atoms with Gasteiger partial charge in [-0.2, -0.15) is 0 Å². The molecular formula is C14H19N3O3. The first-order chi connectivity index (χ1) is 9.40. The average molecular weight is 277 g/mol. The van der Waals surface area contributed by atoms with Gasteiger partial charge in [0.15, 0.2) is 6.10 Å². The number of nitrogen functional groups attached to an aromatic ring is 1. The zero-order valence-corrected chi connectivity index (χ0v) is 11.9. The number of amides is 1. The molecule has 2 N–H and O–H groups in total. The van der Waals surface area contributed by atoms with E-state index in [4.69, 9.17) is 10.5 Å². The minimum atomic E-state index is -0.691. The Labute approximate surface area is 118 Å². The van der Waals surface area contributed by atoms with Gasteiger partial charge in [-0.3, -0.25) is 4.79 Å². The summed E-state index contributed by atoms with van der Waals surface area (Å²) < 4.78 is 5.31. The van der Waals surface area contributed by atoms with E-state index in [0.717, 1.165) is 0 Å². The maximum Gasteiger partial charge on any atom is 0.341 e. The maximum absolute atomic E-state index is 12.3. The minimum Gasteiger partial charge on any atom is -0.449 e. The van der Waals surface area contributed by atoms with Crippen LogP contribution in [0.1, 0.15) is 16.8 Å². The Balaban J connectivity index is 2.21. The van der Waals surface area contributed by atoms with Crippen molar-refractivity contribution in [3.8, 4) is 0 Å². The number of hydrogen-bond donors (Lipinski definition) is 1. The normalized spacial score (nSPS) is 18.2. The van der Waals surface area contributed by atoms with E-state index in [-0.39, 0.29) is 5.91 Å². The number of likely N-dealkylation sites (N-methyl/N-ethyl adjacent to an activating group) is 1. The van der Waals surface area contributed by atoms with Crippen LogP contribution in [0.3, 0.4) is 0 Å². The van der Waals surface area contributed by atoms with Crippen LogP contribution in [0.5, 0.6) is 0 Å². The zero-order valence-electron chi connectivity index (χ0n) is 11.9. The van der Waals surface area contributed by atoms with Gasteiger partial charge in [-0.1, -0.05) is 0 Å². The Kier molecular flexibility index (Phi) is 3.83. The molecule has 1 aromatic rings. The van der Waals surface area contributed by atoms with Gasteiger partial charge >= 0.3 is 5.97 Å². The van der Waals surface area contributed by atoms with Crippen molar-refractivity contribution < 1.29 is 14.3 Å². The summed E-state index contributed by atoms with van der Waals surface area (Å²) in [5.74, 6) is -0.677. The molecule has 0 aliphatic carbocycles. The van der Waals surface area contributed by atoms with Crippen molar-refractivity contribution in [2.45, 2.75) is 12.5 Å².